The summed E-state index contributed by atoms with van der Waals surface area (Å²) in [5.74, 6) is 1.76. The molecule has 0 amide bonds. The number of anilines is 2. The molecular formula is C28H32N4O3S. The van der Waals surface area contributed by atoms with E-state index in [0.29, 0.717) is 13.2 Å². The van der Waals surface area contributed by atoms with Crippen LogP contribution in [-0.2, 0) is 22.9 Å². The van der Waals surface area contributed by atoms with Crippen molar-refractivity contribution in [3.05, 3.63) is 90.3 Å². The first-order valence-corrected chi connectivity index (χ1v) is 14.2. The van der Waals surface area contributed by atoms with Crippen molar-refractivity contribution in [3.63, 3.8) is 0 Å². The Morgan fingerprint density at radius 3 is 2.44 bits per heavy atom. The number of ether oxygens (including phenoxy) is 1. The van der Waals surface area contributed by atoms with Crippen LogP contribution in [0.4, 0.5) is 11.5 Å². The molecule has 188 valence electrons. The Hall–Kier alpha value is -3.49. The predicted octanol–water partition coefficient (Wildman–Crippen LogP) is 4.91. The van der Waals surface area contributed by atoms with Crippen LogP contribution in [-0.4, -0.2) is 43.5 Å². The quantitative estimate of drug-likeness (QED) is 0.250. The van der Waals surface area contributed by atoms with Gasteiger partial charge in [0.25, 0.3) is 0 Å². The summed E-state index contributed by atoms with van der Waals surface area (Å²) in [5, 5.41) is 7.55. The highest BCUT2D eigenvalue weighted by Crippen LogP contribution is 2.25. The highest BCUT2D eigenvalue weighted by molar-refractivity contribution is 7.90. The lowest BCUT2D eigenvalue weighted by Gasteiger charge is -2.11. The fourth-order valence-electron chi connectivity index (χ4n) is 3.83. The average molecular weight is 505 g/mol. The molecule has 1 heterocycles. The molecule has 7 nitrogen and oxygen atoms in total. The zero-order valence-electron chi connectivity index (χ0n) is 20.5. The molecule has 0 unspecified atom stereocenters. The highest BCUT2D eigenvalue weighted by Gasteiger charge is 2.06. The zero-order chi connectivity index (χ0) is 25.2. The summed E-state index contributed by atoms with van der Waals surface area (Å²) in [4.78, 5) is 8.91. The third kappa shape index (κ3) is 8.03. The predicted molar refractivity (Wildman–Crippen MR) is 146 cm³/mol. The van der Waals surface area contributed by atoms with Gasteiger partial charge in [0.2, 0.25) is 0 Å². The van der Waals surface area contributed by atoms with Crippen LogP contribution >= 0.6 is 0 Å². The molecular weight excluding hydrogens is 472 g/mol. The topological polar surface area (TPSA) is 93.2 Å². The van der Waals surface area contributed by atoms with Crippen molar-refractivity contribution in [3.8, 4) is 5.75 Å². The van der Waals surface area contributed by atoms with Crippen molar-refractivity contribution in [1.29, 1.82) is 0 Å². The SMILES string of the molecule is CS(=O)(=O)CCNCCCCc1ccc2c(Nc3ccc(OCc4ccccc4)cc3)ncnc2c1. The second-order valence-electron chi connectivity index (χ2n) is 8.83. The minimum atomic E-state index is -2.90. The van der Waals surface area contributed by atoms with E-state index in [0.717, 1.165) is 59.5 Å². The van der Waals surface area contributed by atoms with Gasteiger partial charge in [-0.25, -0.2) is 18.4 Å². The fraction of sp³-hybridized carbons (Fsp3) is 0.286. The summed E-state index contributed by atoms with van der Waals surface area (Å²) in [6.45, 7) is 1.85. The summed E-state index contributed by atoms with van der Waals surface area (Å²) in [6, 6.07) is 24.2. The molecule has 0 saturated carbocycles. The van der Waals surface area contributed by atoms with Gasteiger partial charge >= 0.3 is 0 Å². The van der Waals surface area contributed by atoms with E-state index in [1.165, 1.54) is 11.8 Å². The summed E-state index contributed by atoms with van der Waals surface area (Å²) < 4.78 is 28.2. The van der Waals surface area contributed by atoms with Crippen LogP contribution in [0.25, 0.3) is 10.9 Å². The number of aryl methyl sites for hydroxylation is 1. The summed E-state index contributed by atoms with van der Waals surface area (Å²) in [7, 11) is -2.90. The smallest absolute Gasteiger partial charge is 0.148 e. The third-order valence-electron chi connectivity index (χ3n) is 5.78. The van der Waals surface area contributed by atoms with E-state index in [1.807, 2.05) is 54.6 Å². The van der Waals surface area contributed by atoms with E-state index in [-0.39, 0.29) is 5.75 Å². The molecule has 0 aliphatic heterocycles. The lowest BCUT2D eigenvalue weighted by Crippen LogP contribution is -2.23. The number of unbranched alkanes of at least 4 members (excludes halogenated alkanes) is 1. The van der Waals surface area contributed by atoms with Gasteiger partial charge in [0.05, 0.1) is 11.3 Å². The van der Waals surface area contributed by atoms with Crippen LogP contribution in [0.1, 0.15) is 24.0 Å². The van der Waals surface area contributed by atoms with Crippen LogP contribution in [0.15, 0.2) is 79.1 Å². The largest absolute Gasteiger partial charge is 0.489 e. The lowest BCUT2D eigenvalue weighted by atomic mass is 10.1. The van der Waals surface area contributed by atoms with Gasteiger partial charge in [0.1, 0.15) is 34.3 Å². The molecule has 0 spiro atoms. The van der Waals surface area contributed by atoms with Gasteiger partial charge in [-0.2, -0.15) is 0 Å². The maximum Gasteiger partial charge on any atom is 0.148 e. The Balaban J connectivity index is 1.29. The first-order valence-electron chi connectivity index (χ1n) is 12.1. The summed E-state index contributed by atoms with van der Waals surface area (Å²) in [5.41, 5.74) is 4.18. The lowest BCUT2D eigenvalue weighted by molar-refractivity contribution is 0.306. The number of hydrogen-bond acceptors (Lipinski definition) is 7. The number of aromatic nitrogens is 2. The van der Waals surface area contributed by atoms with Gasteiger partial charge in [0.15, 0.2) is 0 Å². The molecule has 2 N–H and O–H groups in total. The van der Waals surface area contributed by atoms with Gasteiger partial charge in [-0.15, -0.1) is 0 Å². The monoisotopic (exact) mass is 504 g/mol. The Kier molecular flexibility index (Phi) is 8.86. The molecule has 0 atom stereocenters. The Labute approximate surface area is 212 Å². The Morgan fingerprint density at radius 2 is 1.67 bits per heavy atom. The number of nitrogens with one attached hydrogen (secondary N) is 2. The summed E-state index contributed by atoms with van der Waals surface area (Å²) >= 11 is 0. The third-order valence-corrected chi connectivity index (χ3v) is 6.73. The molecule has 0 fully saturated rings. The normalized spacial score (nSPS) is 11.5. The second kappa shape index (κ2) is 12.5. The molecule has 0 aliphatic rings. The van der Waals surface area contributed by atoms with Gasteiger partial charge in [-0.05, 0) is 73.3 Å². The molecule has 1 aromatic heterocycles. The first-order chi connectivity index (χ1) is 17.5. The molecule has 36 heavy (non-hydrogen) atoms. The first kappa shape index (κ1) is 25.6. The van der Waals surface area contributed by atoms with E-state index in [9.17, 15) is 8.42 Å². The highest BCUT2D eigenvalue weighted by atomic mass is 32.2. The molecule has 0 bridgehead atoms. The van der Waals surface area contributed by atoms with E-state index >= 15 is 0 Å². The average Bonchev–Trinajstić information content (AvgIpc) is 2.88. The summed E-state index contributed by atoms with van der Waals surface area (Å²) in [6.07, 6.45) is 5.80. The van der Waals surface area contributed by atoms with Crippen LogP contribution in [0.5, 0.6) is 5.75 Å². The van der Waals surface area contributed by atoms with Gasteiger partial charge in [-0.1, -0.05) is 36.4 Å². The molecule has 0 saturated heterocycles. The van der Waals surface area contributed by atoms with Crippen molar-refractivity contribution in [1.82, 2.24) is 15.3 Å². The van der Waals surface area contributed by atoms with Crippen molar-refractivity contribution in [2.24, 2.45) is 0 Å². The van der Waals surface area contributed by atoms with E-state index in [2.05, 4.69) is 38.8 Å². The van der Waals surface area contributed by atoms with Gasteiger partial charge in [0, 0.05) is 23.9 Å². The number of benzene rings is 3. The number of nitrogens with zero attached hydrogens (tertiary/aromatic N) is 2. The van der Waals surface area contributed by atoms with Crippen molar-refractivity contribution in [2.75, 3.05) is 30.4 Å². The number of rotatable bonds is 13. The van der Waals surface area contributed by atoms with Crippen molar-refractivity contribution >= 4 is 32.2 Å². The molecule has 0 aliphatic carbocycles. The standard InChI is InChI=1S/C28H32N4O3S/c1-36(33,34)18-17-29-16-6-5-7-22-10-15-26-27(19-22)30-21-31-28(26)32-24-11-13-25(14-12-24)35-20-23-8-3-2-4-9-23/h2-4,8-15,19,21,29H,5-7,16-18,20H2,1H3,(H,30,31,32). The minimum absolute atomic E-state index is 0.180. The van der Waals surface area contributed by atoms with Crippen LogP contribution in [0, 0.1) is 0 Å². The van der Waals surface area contributed by atoms with Crippen LogP contribution in [0.3, 0.4) is 0 Å². The molecule has 4 aromatic rings. The van der Waals surface area contributed by atoms with Crippen LogP contribution in [0.2, 0.25) is 0 Å². The van der Waals surface area contributed by atoms with E-state index < -0.39 is 9.84 Å². The number of hydrogen-bond donors (Lipinski definition) is 2. The minimum Gasteiger partial charge on any atom is -0.489 e. The van der Waals surface area contributed by atoms with Gasteiger partial charge in [-0.3, -0.25) is 0 Å². The van der Waals surface area contributed by atoms with E-state index in [4.69, 9.17) is 4.74 Å². The van der Waals surface area contributed by atoms with E-state index in [1.54, 1.807) is 6.33 Å². The van der Waals surface area contributed by atoms with Crippen molar-refractivity contribution < 1.29 is 13.2 Å². The number of sulfone groups is 1. The molecule has 3 aromatic carbocycles. The molecule has 4 rings (SSSR count). The second-order valence-corrected chi connectivity index (χ2v) is 11.1. The van der Waals surface area contributed by atoms with Gasteiger partial charge < -0.3 is 15.4 Å². The molecule has 8 heteroatoms. The van der Waals surface area contributed by atoms with Crippen LogP contribution < -0.4 is 15.4 Å². The Morgan fingerprint density at radius 1 is 0.861 bits per heavy atom. The number of fused-ring (bicyclic) bond motifs is 1. The maximum atomic E-state index is 11.2. The fourth-order valence-corrected chi connectivity index (χ4v) is 4.35. The Bertz CT molecular complexity index is 1360. The maximum absolute atomic E-state index is 11.2. The zero-order valence-corrected chi connectivity index (χ0v) is 21.3. The van der Waals surface area contributed by atoms with Crippen molar-refractivity contribution in [2.45, 2.75) is 25.9 Å². The molecule has 0 radical (unpaired) electrons.